The summed E-state index contributed by atoms with van der Waals surface area (Å²) in [5.74, 6) is 1.15. The summed E-state index contributed by atoms with van der Waals surface area (Å²) in [5.41, 5.74) is 1.63. The minimum atomic E-state index is -0.240. The van der Waals surface area contributed by atoms with Gasteiger partial charge in [0.15, 0.2) is 0 Å². The Morgan fingerprint density at radius 3 is 2.46 bits per heavy atom. The molecule has 7 heteroatoms. The van der Waals surface area contributed by atoms with Gasteiger partial charge in [0.05, 0.1) is 18.1 Å². The number of hydrogen-bond donors (Lipinski definition) is 0. The Balaban J connectivity index is 2.69. The Hall–Kier alpha value is -1.47. The maximum Gasteiger partial charge on any atom is 0.306 e. The zero-order valence-electron chi connectivity index (χ0n) is 14.2. The molecule has 1 atom stereocenters. The molecule has 0 unspecified atom stereocenters. The van der Waals surface area contributed by atoms with Crippen LogP contribution in [0.1, 0.15) is 33.3 Å². The van der Waals surface area contributed by atoms with E-state index in [4.69, 9.17) is 0 Å². The standard InChI is InChI=1S/C17H23NO4S2/c1-18(2)15(20)7-9-23-17(24-10-8-16(21)22-3)14-6-4-5-13(11-14)12-19/h4-6,11-12,17H,7-10H2,1-3H3/t17-/m1/s1. The van der Waals surface area contributed by atoms with Gasteiger partial charge in [-0.3, -0.25) is 14.4 Å². The molecule has 0 N–H and O–H groups in total. The molecule has 24 heavy (non-hydrogen) atoms. The number of hydrogen-bond acceptors (Lipinski definition) is 6. The third kappa shape index (κ3) is 7.40. The number of thioether (sulfide) groups is 2. The molecule has 132 valence electrons. The van der Waals surface area contributed by atoms with Gasteiger partial charge in [-0.15, -0.1) is 23.5 Å². The molecule has 0 heterocycles. The molecular formula is C17H23NO4S2. The second kappa shape index (κ2) is 11.1. The molecule has 1 aromatic carbocycles. The molecule has 0 spiro atoms. The first-order chi connectivity index (χ1) is 11.5. The average molecular weight is 370 g/mol. The number of benzene rings is 1. The first-order valence-electron chi connectivity index (χ1n) is 7.53. The highest BCUT2D eigenvalue weighted by Crippen LogP contribution is 2.40. The van der Waals surface area contributed by atoms with Crippen LogP contribution < -0.4 is 0 Å². The summed E-state index contributed by atoms with van der Waals surface area (Å²) in [6.45, 7) is 0. The third-order valence-corrected chi connectivity index (χ3v) is 6.05. The lowest BCUT2D eigenvalue weighted by atomic mass is 10.2. The van der Waals surface area contributed by atoms with Crippen molar-refractivity contribution in [3.05, 3.63) is 35.4 Å². The molecule has 0 radical (unpaired) electrons. The molecule has 0 fully saturated rings. The molecule has 0 aromatic heterocycles. The van der Waals surface area contributed by atoms with Crippen molar-refractivity contribution in [2.45, 2.75) is 17.4 Å². The summed E-state index contributed by atoms with van der Waals surface area (Å²) >= 11 is 3.27. The Morgan fingerprint density at radius 1 is 1.21 bits per heavy atom. The van der Waals surface area contributed by atoms with Gasteiger partial charge in [0, 0.05) is 37.6 Å². The van der Waals surface area contributed by atoms with Crippen molar-refractivity contribution < 1.29 is 19.1 Å². The first kappa shape index (κ1) is 20.6. The summed E-state index contributed by atoms with van der Waals surface area (Å²) < 4.78 is 4.72. The van der Waals surface area contributed by atoms with E-state index in [1.54, 1.807) is 48.6 Å². The molecule has 0 saturated carbocycles. The predicted octanol–water partition coefficient (Wildman–Crippen LogP) is 3.01. The number of rotatable bonds is 10. The molecule has 1 amide bonds. The minimum Gasteiger partial charge on any atom is -0.469 e. The Labute approximate surface area is 151 Å². The van der Waals surface area contributed by atoms with Crippen molar-refractivity contribution in [2.24, 2.45) is 0 Å². The van der Waals surface area contributed by atoms with E-state index in [2.05, 4.69) is 4.74 Å². The fraction of sp³-hybridized carbons (Fsp3) is 0.471. The smallest absolute Gasteiger partial charge is 0.306 e. The van der Waals surface area contributed by atoms with Crippen molar-refractivity contribution in [3.63, 3.8) is 0 Å². The van der Waals surface area contributed by atoms with Crippen LogP contribution in [0.3, 0.4) is 0 Å². The summed E-state index contributed by atoms with van der Waals surface area (Å²) in [5, 5.41) is 0. The Kier molecular flexibility index (Phi) is 9.56. The van der Waals surface area contributed by atoms with Gasteiger partial charge in [-0.2, -0.15) is 0 Å². The number of carbonyl (C=O) groups is 3. The lowest BCUT2D eigenvalue weighted by Gasteiger charge is -2.17. The minimum absolute atomic E-state index is 0.0597. The molecule has 0 bridgehead atoms. The number of aldehydes is 1. The summed E-state index contributed by atoms with van der Waals surface area (Å²) in [6, 6.07) is 7.42. The maximum absolute atomic E-state index is 11.7. The maximum atomic E-state index is 11.7. The van der Waals surface area contributed by atoms with Crippen LogP contribution in [-0.4, -0.2) is 55.8 Å². The van der Waals surface area contributed by atoms with E-state index in [0.29, 0.717) is 29.9 Å². The molecule has 1 aromatic rings. The van der Waals surface area contributed by atoms with Crippen LogP contribution in [0.25, 0.3) is 0 Å². The van der Waals surface area contributed by atoms with E-state index < -0.39 is 0 Å². The van der Waals surface area contributed by atoms with Gasteiger partial charge in [0.1, 0.15) is 6.29 Å². The summed E-state index contributed by atoms with van der Waals surface area (Å²) in [7, 11) is 4.85. The highest BCUT2D eigenvalue weighted by atomic mass is 32.2. The normalized spacial score (nSPS) is 11.6. The second-order valence-corrected chi connectivity index (χ2v) is 7.95. The van der Waals surface area contributed by atoms with Gasteiger partial charge < -0.3 is 9.64 Å². The Bertz CT molecular complexity index is 563. The van der Waals surface area contributed by atoms with Gasteiger partial charge in [0.25, 0.3) is 0 Å². The van der Waals surface area contributed by atoms with Gasteiger partial charge in [0.2, 0.25) is 5.91 Å². The summed E-state index contributed by atoms with van der Waals surface area (Å²) in [4.78, 5) is 35.5. The van der Waals surface area contributed by atoms with Crippen molar-refractivity contribution in [3.8, 4) is 0 Å². The molecule has 0 saturated heterocycles. The predicted molar refractivity (Wildman–Crippen MR) is 99.4 cm³/mol. The number of amides is 1. The number of carbonyl (C=O) groups excluding carboxylic acids is 3. The topological polar surface area (TPSA) is 63.7 Å². The first-order valence-corrected chi connectivity index (χ1v) is 9.63. The van der Waals surface area contributed by atoms with Crippen molar-refractivity contribution in [1.82, 2.24) is 4.90 Å². The van der Waals surface area contributed by atoms with E-state index in [1.807, 2.05) is 18.2 Å². The zero-order chi connectivity index (χ0) is 17.9. The van der Waals surface area contributed by atoms with Gasteiger partial charge >= 0.3 is 5.97 Å². The number of esters is 1. The quantitative estimate of drug-likeness (QED) is 0.359. The van der Waals surface area contributed by atoms with Crippen LogP contribution in [0.2, 0.25) is 0 Å². The van der Waals surface area contributed by atoms with Crippen molar-refractivity contribution in [1.29, 1.82) is 0 Å². The number of methoxy groups -OCH3 is 1. The van der Waals surface area contributed by atoms with E-state index in [0.717, 1.165) is 11.8 Å². The van der Waals surface area contributed by atoms with Crippen molar-refractivity contribution >= 4 is 41.7 Å². The van der Waals surface area contributed by atoms with Gasteiger partial charge in [-0.25, -0.2) is 0 Å². The number of nitrogens with zero attached hydrogens (tertiary/aromatic N) is 1. The van der Waals surface area contributed by atoms with E-state index in [-0.39, 0.29) is 16.5 Å². The highest BCUT2D eigenvalue weighted by Gasteiger charge is 2.15. The largest absolute Gasteiger partial charge is 0.469 e. The van der Waals surface area contributed by atoms with E-state index in [9.17, 15) is 14.4 Å². The van der Waals surface area contributed by atoms with Crippen molar-refractivity contribution in [2.75, 3.05) is 32.7 Å². The van der Waals surface area contributed by atoms with Crippen LogP contribution >= 0.6 is 23.5 Å². The van der Waals surface area contributed by atoms with Crippen LogP contribution in [0, 0.1) is 0 Å². The fourth-order valence-corrected chi connectivity index (χ4v) is 4.49. The lowest BCUT2D eigenvalue weighted by Crippen LogP contribution is -2.21. The zero-order valence-corrected chi connectivity index (χ0v) is 15.8. The third-order valence-electron chi connectivity index (χ3n) is 3.21. The van der Waals surface area contributed by atoms with Gasteiger partial charge in [-0.1, -0.05) is 18.2 Å². The molecule has 0 aliphatic heterocycles. The fourth-order valence-electron chi connectivity index (χ4n) is 1.85. The van der Waals surface area contributed by atoms with E-state index >= 15 is 0 Å². The molecule has 5 nitrogen and oxygen atoms in total. The highest BCUT2D eigenvalue weighted by molar-refractivity contribution is 8.16. The summed E-state index contributed by atoms with van der Waals surface area (Å²) in [6.07, 6.45) is 1.61. The van der Waals surface area contributed by atoms with Crippen LogP contribution in [-0.2, 0) is 14.3 Å². The molecular weight excluding hydrogens is 346 g/mol. The Morgan fingerprint density at radius 2 is 1.88 bits per heavy atom. The van der Waals surface area contributed by atoms with Crippen LogP contribution in [0.15, 0.2) is 24.3 Å². The van der Waals surface area contributed by atoms with E-state index in [1.165, 1.54) is 7.11 Å². The van der Waals surface area contributed by atoms with Gasteiger partial charge in [-0.05, 0) is 11.6 Å². The average Bonchev–Trinajstić information content (AvgIpc) is 2.59. The molecule has 0 aliphatic carbocycles. The molecule has 1 rings (SSSR count). The van der Waals surface area contributed by atoms with Crippen LogP contribution in [0.4, 0.5) is 0 Å². The lowest BCUT2D eigenvalue weighted by molar-refractivity contribution is -0.140. The monoisotopic (exact) mass is 369 g/mol. The number of ether oxygens (including phenoxy) is 1. The molecule has 0 aliphatic rings. The second-order valence-electron chi connectivity index (χ2n) is 5.23. The SMILES string of the molecule is COC(=O)CCS[C@@H](SCCC(=O)N(C)C)c1cccc(C=O)c1. The van der Waals surface area contributed by atoms with Crippen LogP contribution in [0.5, 0.6) is 0 Å².